The van der Waals surface area contributed by atoms with Crippen LogP contribution in [-0.2, 0) is 6.54 Å². The van der Waals surface area contributed by atoms with E-state index in [1.807, 2.05) is 6.07 Å². The molecule has 6 nitrogen and oxygen atoms in total. The number of hydrogen-bond donors (Lipinski definition) is 2. The minimum absolute atomic E-state index is 0. The molecule has 24 heavy (non-hydrogen) atoms. The lowest BCUT2D eigenvalue weighted by Gasteiger charge is -2.34. The van der Waals surface area contributed by atoms with Gasteiger partial charge in [0, 0.05) is 25.7 Å². The van der Waals surface area contributed by atoms with Crippen molar-refractivity contribution in [3.8, 4) is 0 Å². The summed E-state index contributed by atoms with van der Waals surface area (Å²) in [6.45, 7) is 8.58. The second kappa shape index (κ2) is 11.7. The number of halogens is 1. The Morgan fingerprint density at radius 3 is 2.50 bits per heavy atom. The molecule has 2 rings (SSSR count). The molecule has 1 aromatic heterocycles. The normalized spacial score (nSPS) is 17.9. The molecule has 1 saturated heterocycles. The average Bonchev–Trinajstić information content (AvgIpc) is 2.92. The van der Waals surface area contributed by atoms with Gasteiger partial charge in [-0.1, -0.05) is 31.8 Å². The van der Waals surface area contributed by atoms with E-state index in [4.69, 9.17) is 4.52 Å². The molecule has 7 heteroatoms. The summed E-state index contributed by atoms with van der Waals surface area (Å²) in [7, 11) is 1.80. The standard InChI is InChI=1S/C17H31N5O.HI/c1-14(2)16(22-9-6-4-5-7-10-22)13-20-17(18-3)19-12-15-8-11-23-21-15;/h8,11,14,16H,4-7,9-10,12-13H2,1-3H3,(H2,18,19,20);1H. The van der Waals surface area contributed by atoms with Crippen molar-refractivity contribution in [1.29, 1.82) is 0 Å². The summed E-state index contributed by atoms with van der Waals surface area (Å²) in [5.41, 5.74) is 0.876. The van der Waals surface area contributed by atoms with Crippen molar-refractivity contribution < 1.29 is 4.52 Å². The molecule has 0 aromatic carbocycles. The Hall–Kier alpha value is -0.830. The van der Waals surface area contributed by atoms with Crippen LogP contribution in [0.4, 0.5) is 0 Å². The van der Waals surface area contributed by atoms with Crippen molar-refractivity contribution in [3.63, 3.8) is 0 Å². The molecule has 1 aliphatic heterocycles. The van der Waals surface area contributed by atoms with Crippen molar-refractivity contribution in [3.05, 3.63) is 18.0 Å². The minimum Gasteiger partial charge on any atom is -0.364 e. The second-order valence-corrected chi connectivity index (χ2v) is 6.56. The molecule has 1 atom stereocenters. The van der Waals surface area contributed by atoms with E-state index in [0.29, 0.717) is 18.5 Å². The molecule has 0 bridgehead atoms. The van der Waals surface area contributed by atoms with Gasteiger partial charge in [-0.3, -0.25) is 9.89 Å². The minimum atomic E-state index is 0. The number of nitrogens with one attached hydrogen (secondary N) is 2. The number of rotatable bonds is 6. The fourth-order valence-electron chi connectivity index (χ4n) is 3.14. The third kappa shape index (κ3) is 6.96. The van der Waals surface area contributed by atoms with Crippen molar-refractivity contribution >= 4 is 29.9 Å². The predicted molar refractivity (Wildman–Crippen MR) is 109 cm³/mol. The maximum absolute atomic E-state index is 4.84. The molecule has 2 N–H and O–H groups in total. The molecule has 138 valence electrons. The first-order valence-corrected chi connectivity index (χ1v) is 8.78. The van der Waals surface area contributed by atoms with Crippen LogP contribution in [0.3, 0.4) is 0 Å². The highest BCUT2D eigenvalue weighted by Gasteiger charge is 2.22. The first kappa shape index (κ1) is 21.2. The number of nitrogens with zero attached hydrogens (tertiary/aromatic N) is 3. The summed E-state index contributed by atoms with van der Waals surface area (Å²) in [6, 6.07) is 2.40. The van der Waals surface area contributed by atoms with Gasteiger partial charge in [-0.05, 0) is 31.8 Å². The van der Waals surface area contributed by atoms with E-state index in [-0.39, 0.29) is 24.0 Å². The van der Waals surface area contributed by atoms with Crippen LogP contribution in [0.5, 0.6) is 0 Å². The SMILES string of the molecule is CN=C(NCc1ccon1)NCC(C(C)C)N1CCCCCC1.I. The average molecular weight is 449 g/mol. The van der Waals surface area contributed by atoms with Crippen molar-refractivity contribution in [2.75, 3.05) is 26.7 Å². The summed E-state index contributed by atoms with van der Waals surface area (Å²) >= 11 is 0. The molecule has 0 saturated carbocycles. The lowest BCUT2D eigenvalue weighted by Crippen LogP contribution is -2.49. The van der Waals surface area contributed by atoms with Gasteiger partial charge in [0.05, 0.1) is 6.54 Å². The Labute approximate surface area is 162 Å². The van der Waals surface area contributed by atoms with E-state index in [2.05, 4.69) is 39.5 Å². The van der Waals surface area contributed by atoms with Crippen LogP contribution in [0.15, 0.2) is 21.8 Å². The summed E-state index contributed by atoms with van der Waals surface area (Å²) in [5.74, 6) is 1.43. The topological polar surface area (TPSA) is 65.7 Å². The molecule has 0 spiro atoms. The van der Waals surface area contributed by atoms with Gasteiger partial charge in [0.25, 0.3) is 0 Å². The zero-order valence-corrected chi connectivity index (χ0v) is 17.5. The molecule has 1 fully saturated rings. The van der Waals surface area contributed by atoms with Crippen LogP contribution in [-0.4, -0.2) is 48.7 Å². The molecule has 1 aliphatic rings. The second-order valence-electron chi connectivity index (χ2n) is 6.56. The van der Waals surface area contributed by atoms with Crippen molar-refractivity contribution in [2.45, 2.75) is 52.1 Å². The first-order valence-electron chi connectivity index (χ1n) is 8.78. The van der Waals surface area contributed by atoms with Gasteiger partial charge in [0.1, 0.15) is 12.0 Å². The van der Waals surface area contributed by atoms with Gasteiger partial charge in [-0.15, -0.1) is 24.0 Å². The number of aromatic nitrogens is 1. The quantitative estimate of drug-likeness (QED) is 0.397. The molecule has 0 aliphatic carbocycles. The van der Waals surface area contributed by atoms with Crippen molar-refractivity contribution in [1.82, 2.24) is 20.7 Å². The zero-order chi connectivity index (χ0) is 16.5. The van der Waals surface area contributed by atoms with Crippen LogP contribution in [0.25, 0.3) is 0 Å². The molecular weight excluding hydrogens is 417 g/mol. The van der Waals surface area contributed by atoms with E-state index >= 15 is 0 Å². The summed E-state index contributed by atoms with van der Waals surface area (Å²) < 4.78 is 4.84. The van der Waals surface area contributed by atoms with Crippen LogP contribution in [0.1, 0.15) is 45.2 Å². The van der Waals surface area contributed by atoms with Gasteiger partial charge in [0.2, 0.25) is 0 Å². The number of aliphatic imine (C=N–C) groups is 1. The molecular formula is C17H32IN5O. The van der Waals surface area contributed by atoms with Crippen molar-refractivity contribution in [2.24, 2.45) is 10.9 Å². The molecule has 2 heterocycles. The molecule has 1 unspecified atom stereocenters. The number of hydrogen-bond acceptors (Lipinski definition) is 4. The Morgan fingerprint density at radius 2 is 1.96 bits per heavy atom. The molecule has 0 radical (unpaired) electrons. The van der Waals surface area contributed by atoms with Gasteiger partial charge < -0.3 is 15.2 Å². The monoisotopic (exact) mass is 449 g/mol. The molecule has 0 amide bonds. The zero-order valence-electron chi connectivity index (χ0n) is 15.1. The van der Waals surface area contributed by atoms with Crippen LogP contribution >= 0.6 is 24.0 Å². The lowest BCUT2D eigenvalue weighted by molar-refractivity contribution is 0.161. The first-order chi connectivity index (χ1) is 11.2. The largest absolute Gasteiger partial charge is 0.364 e. The summed E-state index contributed by atoms with van der Waals surface area (Å²) in [4.78, 5) is 6.95. The fraction of sp³-hybridized carbons (Fsp3) is 0.765. The third-order valence-electron chi connectivity index (χ3n) is 4.51. The van der Waals surface area contributed by atoms with E-state index in [0.717, 1.165) is 18.2 Å². The van der Waals surface area contributed by atoms with Gasteiger partial charge in [0.15, 0.2) is 5.96 Å². The maximum Gasteiger partial charge on any atom is 0.191 e. The van der Waals surface area contributed by atoms with E-state index in [1.165, 1.54) is 38.8 Å². The van der Waals surface area contributed by atoms with E-state index in [9.17, 15) is 0 Å². The van der Waals surface area contributed by atoms with E-state index < -0.39 is 0 Å². The maximum atomic E-state index is 4.84. The lowest BCUT2D eigenvalue weighted by atomic mass is 10.0. The highest BCUT2D eigenvalue weighted by Crippen LogP contribution is 2.17. The van der Waals surface area contributed by atoms with Gasteiger partial charge >= 0.3 is 0 Å². The highest BCUT2D eigenvalue weighted by atomic mass is 127. The van der Waals surface area contributed by atoms with Crippen LogP contribution < -0.4 is 10.6 Å². The summed E-state index contributed by atoms with van der Waals surface area (Å²) in [6.07, 6.45) is 6.97. The number of likely N-dealkylation sites (tertiary alicyclic amines) is 1. The predicted octanol–water partition coefficient (Wildman–Crippen LogP) is 2.86. The summed E-state index contributed by atoms with van der Waals surface area (Å²) in [5, 5.41) is 10.7. The number of guanidine groups is 1. The molecule has 1 aromatic rings. The fourth-order valence-corrected chi connectivity index (χ4v) is 3.14. The van der Waals surface area contributed by atoms with E-state index in [1.54, 1.807) is 13.3 Å². The van der Waals surface area contributed by atoms with Crippen LogP contribution in [0.2, 0.25) is 0 Å². The van der Waals surface area contributed by atoms with Crippen LogP contribution in [0, 0.1) is 5.92 Å². The smallest absolute Gasteiger partial charge is 0.191 e. The Morgan fingerprint density at radius 1 is 1.25 bits per heavy atom. The van der Waals surface area contributed by atoms with Gasteiger partial charge in [-0.2, -0.15) is 0 Å². The Kier molecular flexibility index (Phi) is 10.3. The van der Waals surface area contributed by atoms with Gasteiger partial charge in [-0.25, -0.2) is 0 Å². The third-order valence-corrected chi connectivity index (χ3v) is 4.51. The highest BCUT2D eigenvalue weighted by molar-refractivity contribution is 14.0. The Bertz CT molecular complexity index is 456. The Balaban J connectivity index is 0.00000288.